The zero-order valence-corrected chi connectivity index (χ0v) is 25.9. The van der Waals surface area contributed by atoms with E-state index in [1.165, 1.54) is 7.05 Å². The van der Waals surface area contributed by atoms with Crippen molar-refractivity contribution in [3.05, 3.63) is 113 Å². The Kier molecular flexibility index (Phi) is 10.6. The molecule has 230 valence electrons. The highest BCUT2D eigenvalue weighted by molar-refractivity contribution is 6.15. The molecular formula is C35H38N8O2. The highest BCUT2D eigenvalue weighted by Gasteiger charge is 2.32. The molecule has 0 aliphatic carbocycles. The van der Waals surface area contributed by atoms with Crippen molar-refractivity contribution in [3.63, 3.8) is 0 Å². The number of H-pyrrole nitrogens is 1. The number of carbonyl (C=O) groups excluding carboxylic acids is 2. The second-order valence-electron chi connectivity index (χ2n) is 10.2. The van der Waals surface area contributed by atoms with Gasteiger partial charge < -0.3 is 26.3 Å². The van der Waals surface area contributed by atoms with Crippen LogP contribution in [0.2, 0.25) is 0 Å². The molecular weight excluding hydrogens is 564 g/mol. The van der Waals surface area contributed by atoms with Crippen molar-refractivity contribution in [1.82, 2.24) is 10.3 Å². The van der Waals surface area contributed by atoms with Crippen LogP contribution in [0, 0.1) is 5.41 Å². The van der Waals surface area contributed by atoms with E-state index in [0.717, 1.165) is 44.6 Å². The number of hydrogen-bond donors (Lipinski definition) is 5. The summed E-state index contributed by atoms with van der Waals surface area (Å²) >= 11 is 0. The number of aromatic amines is 1. The summed E-state index contributed by atoms with van der Waals surface area (Å²) in [7, 11) is 3.29. The minimum atomic E-state index is -0.139. The van der Waals surface area contributed by atoms with Crippen LogP contribution in [0.1, 0.15) is 40.9 Å². The van der Waals surface area contributed by atoms with E-state index in [-0.39, 0.29) is 24.1 Å². The van der Waals surface area contributed by atoms with E-state index < -0.39 is 0 Å². The number of para-hydroxylation sites is 1. The van der Waals surface area contributed by atoms with Crippen LogP contribution in [-0.2, 0) is 17.8 Å². The van der Waals surface area contributed by atoms with Crippen molar-refractivity contribution < 1.29 is 9.59 Å². The number of hydrogen-bond acceptors (Lipinski definition) is 6. The van der Waals surface area contributed by atoms with E-state index in [2.05, 4.69) is 38.1 Å². The molecule has 0 fully saturated rings. The average molecular weight is 603 g/mol. The number of benzene rings is 3. The summed E-state index contributed by atoms with van der Waals surface area (Å²) in [4.78, 5) is 40.0. The lowest BCUT2D eigenvalue weighted by Crippen LogP contribution is -2.23. The third kappa shape index (κ3) is 7.14. The second kappa shape index (κ2) is 14.7. The van der Waals surface area contributed by atoms with E-state index in [1.54, 1.807) is 36.4 Å². The maximum Gasteiger partial charge on any atom is 0.259 e. The third-order valence-electron chi connectivity index (χ3n) is 7.37. The van der Waals surface area contributed by atoms with Gasteiger partial charge in [-0.1, -0.05) is 48.5 Å². The summed E-state index contributed by atoms with van der Waals surface area (Å²) in [5.74, 6) is -0.166. The highest BCUT2D eigenvalue weighted by Crippen LogP contribution is 2.38. The number of carbonyl (C=O) groups is 2. The fraction of sp³-hybridized carbons (Fsp3) is 0.171. The van der Waals surface area contributed by atoms with Crippen LogP contribution in [0.5, 0.6) is 0 Å². The SMILES string of the molecule is C=N/C(=C(/C)C=NC(=N)/C=C(/C)NC)c1c[nH]c2c(N3Cc4c(NC(=O)Cc5ccccc5)cccc4C3=O)cccc12.CN. The fourth-order valence-corrected chi connectivity index (χ4v) is 5.14. The molecule has 0 radical (unpaired) electrons. The number of nitrogens with two attached hydrogens (primary N) is 1. The Labute approximate surface area is 263 Å². The molecule has 10 nitrogen and oxygen atoms in total. The Hall–Kier alpha value is -5.61. The van der Waals surface area contributed by atoms with Gasteiger partial charge in [-0.15, -0.1) is 0 Å². The topological polar surface area (TPSA) is 152 Å². The fourth-order valence-electron chi connectivity index (χ4n) is 5.14. The summed E-state index contributed by atoms with van der Waals surface area (Å²) in [5, 5.41) is 14.9. The predicted molar refractivity (Wildman–Crippen MR) is 185 cm³/mol. The predicted octanol–water partition coefficient (Wildman–Crippen LogP) is 5.69. The Morgan fingerprint density at radius 1 is 1.09 bits per heavy atom. The average Bonchev–Trinajstić information content (AvgIpc) is 3.63. The lowest BCUT2D eigenvalue weighted by atomic mass is 10.1. The molecule has 6 N–H and O–H groups in total. The van der Waals surface area contributed by atoms with Crippen molar-refractivity contribution in [3.8, 4) is 0 Å². The third-order valence-corrected chi connectivity index (χ3v) is 7.37. The number of fused-ring (bicyclic) bond motifs is 2. The summed E-state index contributed by atoms with van der Waals surface area (Å²) in [6, 6.07) is 20.7. The molecule has 0 unspecified atom stereocenters. The molecule has 0 bridgehead atoms. The smallest absolute Gasteiger partial charge is 0.259 e. The number of amidine groups is 1. The monoisotopic (exact) mass is 602 g/mol. The van der Waals surface area contributed by atoms with Gasteiger partial charge in [-0.25, -0.2) is 4.99 Å². The molecule has 2 amide bonds. The van der Waals surface area contributed by atoms with Gasteiger partial charge in [0.2, 0.25) is 5.91 Å². The first kappa shape index (κ1) is 32.3. The number of anilines is 2. The number of nitrogens with one attached hydrogen (secondary N) is 4. The van der Waals surface area contributed by atoms with Crippen molar-refractivity contribution >= 4 is 58.6 Å². The van der Waals surface area contributed by atoms with Gasteiger partial charge in [-0.2, -0.15) is 0 Å². The minimum Gasteiger partial charge on any atom is -0.392 e. The number of amides is 2. The molecule has 0 saturated heterocycles. The van der Waals surface area contributed by atoms with Gasteiger partial charge in [-0.3, -0.25) is 20.0 Å². The molecule has 45 heavy (non-hydrogen) atoms. The molecule has 0 spiro atoms. The van der Waals surface area contributed by atoms with Crippen LogP contribution in [0.4, 0.5) is 11.4 Å². The molecule has 1 aliphatic rings. The summed E-state index contributed by atoms with van der Waals surface area (Å²) < 4.78 is 0. The molecule has 4 aromatic rings. The van der Waals surface area contributed by atoms with E-state index in [9.17, 15) is 9.59 Å². The van der Waals surface area contributed by atoms with E-state index >= 15 is 0 Å². The van der Waals surface area contributed by atoms with E-state index in [1.807, 2.05) is 74.6 Å². The van der Waals surface area contributed by atoms with Crippen molar-refractivity contribution in [1.29, 1.82) is 5.41 Å². The maximum absolute atomic E-state index is 13.6. The summed E-state index contributed by atoms with van der Waals surface area (Å²) in [6.45, 7) is 7.82. The number of nitrogens with zero attached hydrogens (tertiary/aromatic N) is 3. The van der Waals surface area contributed by atoms with Crippen molar-refractivity contribution in [2.45, 2.75) is 26.8 Å². The molecule has 5 rings (SSSR count). The Bertz CT molecular complexity index is 1830. The summed E-state index contributed by atoms with van der Waals surface area (Å²) in [5.41, 5.74) is 11.9. The molecule has 1 aliphatic heterocycles. The van der Waals surface area contributed by atoms with Gasteiger partial charge in [0.25, 0.3) is 5.91 Å². The quantitative estimate of drug-likeness (QED) is 0.123. The zero-order valence-electron chi connectivity index (χ0n) is 25.9. The minimum absolute atomic E-state index is 0.110. The van der Waals surface area contributed by atoms with Crippen molar-refractivity contribution in [2.24, 2.45) is 15.7 Å². The molecule has 1 aromatic heterocycles. The maximum atomic E-state index is 13.6. The standard InChI is InChI=1S/C34H33N7O2.CH5N/c1-21(18-38-30(35)16-22(2)36-3)32(37-4)26-19-39-33-24(26)12-9-15-29(33)41-20-27-25(34(41)43)13-8-14-28(27)40-31(42)17-23-10-6-5-7-11-23;1-2/h5-16,18-19,35-36,39H,4,17,20H2,1-3H3,(H,40,42);2H2,1H3/b22-16-,32-21-,35-30?,38-18?;. The first-order valence-corrected chi connectivity index (χ1v) is 14.4. The lowest BCUT2D eigenvalue weighted by molar-refractivity contribution is -0.115. The van der Waals surface area contributed by atoms with Gasteiger partial charge in [-0.05, 0) is 56.9 Å². The van der Waals surface area contributed by atoms with Gasteiger partial charge in [0.05, 0.1) is 29.9 Å². The van der Waals surface area contributed by atoms with Crippen LogP contribution in [0.3, 0.4) is 0 Å². The highest BCUT2D eigenvalue weighted by atomic mass is 16.2. The van der Waals surface area contributed by atoms with Gasteiger partial charge in [0.1, 0.15) is 5.84 Å². The molecule has 0 atom stereocenters. The Morgan fingerprint density at radius 2 is 1.82 bits per heavy atom. The molecule has 10 heteroatoms. The van der Waals surface area contributed by atoms with Gasteiger partial charge in [0, 0.05) is 59.0 Å². The van der Waals surface area contributed by atoms with Gasteiger partial charge in [0.15, 0.2) is 0 Å². The van der Waals surface area contributed by atoms with Crippen LogP contribution >= 0.6 is 0 Å². The second-order valence-corrected chi connectivity index (χ2v) is 10.2. The number of rotatable bonds is 9. The number of aliphatic imine (C=N–C) groups is 2. The first-order valence-electron chi connectivity index (χ1n) is 14.4. The molecule has 0 saturated carbocycles. The number of aromatic nitrogens is 1. The number of allylic oxidation sites excluding steroid dienone is 2. The summed E-state index contributed by atoms with van der Waals surface area (Å²) in [6.07, 6.45) is 5.32. The largest absolute Gasteiger partial charge is 0.392 e. The van der Waals surface area contributed by atoms with Crippen LogP contribution in [0.15, 0.2) is 100 Å². The normalized spacial score (nSPS) is 13.2. The van der Waals surface area contributed by atoms with E-state index in [0.29, 0.717) is 23.5 Å². The van der Waals surface area contributed by atoms with Crippen LogP contribution in [0.25, 0.3) is 16.6 Å². The Balaban J connectivity index is 0.00000226. The Morgan fingerprint density at radius 3 is 2.53 bits per heavy atom. The molecule has 3 aromatic carbocycles. The van der Waals surface area contributed by atoms with E-state index in [4.69, 9.17) is 5.41 Å². The zero-order chi connectivity index (χ0) is 32.5. The first-order chi connectivity index (χ1) is 21.8. The van der Waals surface area contributed by atoms with Crippen molar-refractivity contribution in [2.75, 3.05) is 24.3 Å². The van der Waals surface area contributed by atoms with Gasteiger partial charge >= 0.3 is 0 Å². The van der Waals surface area contributed by atoms with Crippen LogP contribution < -0.4 is 21.3 Å². The lowest BCUT2D eigenvalue weighted by Gasteiger charge is -2.17. The van der Waals surface area contributed by atoms with Crippen LogP contribution in [-0.4, -0.2) is 49.7 Å². The molecule has 2 heterocycles.